The Balaban J connectivity index is 2.00. The molecule has 76 valence electrons. The van der Waals surface area contributed by atoms with E-state index in [2.05, 4.69) is 10.3 Å². The zero-order chi connectivity index (χ0) is 10.2. The van der Waals surface area contributed by atoms with E-state index < -0.39 is 9.84 Å². The van der Waals surface area contributed by atoms with E-state index in [9.17, 15) is 8.42 Å². The van der Waals surface area contributed by atoms with Gasteiger partial charge in [-0.1, -0.05) is 6.07 Å². The molecule has 4 nitrogen and oxygen atoms in total. The summed E-state index contributed by atoms with van der Waals surface area (Å²) in [6.07, 6.45) is 0. The average Bonchev–Trinajstić information content (AvgIpc) is 2.00. The Morgan fingerprint density at radius 2 is 2.14 bits per heavy atom. The van der Waals surface area contributed by atoms with Gasteiger partial charge in [0.2, 0.25) is 0 Å². The van der Waals surface area contributed by atoms with Gasteiger partial charge in [0, 0.05) is 5.69 Å². The number of pyridine rings is 1. The first-order chi connectivity index (χ1) is 6.55. The quantitative estimate of drug-likeness (QED) is 0.780. The van der Waals surface area contributed by atoms with Crippen molar-refractivity contribution in [1.29, 1.82) is 0 Å². The minimum Gasteiger partial charge on any atom is -0.365 e. The number of nitrogens with zero attached hydrogens (tertiary/aromatic N) is 1. The maximum atomic E-state index is 10.9. The molecule has 0 unspecified atom stereocenters. The second-order valence-electron chi connectivity index (χ2n) is 3.58. The van der Waals surface area contributed by atoms with Crippen LogP contribution in [0.15, 0.2) is 18.2 Å². The van der Waals surface area contributed by atoms with E-state index in [1.54, 1.807) is 0 Å². The Kier molecular flexibility index (Phi) is 2.19. The van der Waals surface area contributed by atoms with Crippen molar-refractivity contribution in [2.75, 3.05) is 16.8 Å². The fourth-order valence-corrected chi connectivity index (χ4v) is 2.78. The van der Waals surface area contributed by atoms with Crippen LogP contribution in [0.4, 0.5) is 5.82 Å². The van der Waals surface area contributed by atoms with Gasteiger partial charge in [0.05, 0.1) is 17.5 Å². The number of hydrogen-bond acceptors (Lipinski definition) is 4. The Morgan fingerprint density at radius 1 is 1.43 bits per heavy atom. The van der Waals surface area contributed by atoms with Crippen LogP contribution < -0.4 is 5.32 Å². The predicted molar refractivity (Wildman–Crippen MR) is 55.0 cm³/mol. The summed E-state index contributed by atoms with van der Waals surface area (Å²) in [7, 11) is -2.75. The molecule has 5 heteroatoms. The molecule has 1 N–H and O–H groups in total. The van der Waals surface area contributed by atoms with Crippen LogP contribution >= 0.6 is 0 Å². The van der Waals surface area contributed by atoms with E-state index in [0.29, 0.717) is 0 Å². The van der Waals surface area contributed by atoms with E-state index >= 15 is 0 Å². The smallest absolute Gasteiger partial charge is 0.154 e. The number of rotatable bonds is 2. The average molecular weight is 212 g/mol. The number of nitrogens with one attached hydrogen (secondary N) is 1. The van der Waals surface area contributed by atoms with Gasteiger partial charge < -0.3 is 5.32 Å². The van der Waals surface area contributed by atoms with Crippen molar-refractivity contribution >= 4 is 15.7 Å². The van der Waals surface area contributed by atoms with E-state index in [-0.39, 0.29) is 17.5 Å². The molecule has 0 amide bonds. The first-order valence-electron chi connectivity index (χ1n) is 4.46. The number of anilines is 1. The third kappa shape index (κ3) is 2.04. The van der Waals surface area contributed by atoms with Gasteiger partial charge in [0.25, 0.3) is 0 Å². The molecule has 0 atom stereocenters. The Morgan fingerprint density at radius 3 is 2.71 bits per heavy atom. The van der Waals surface area contributed by atoms with Gasteiger partial charge in [0.15, 0.2) is 9.84 Å². The highest BCUT2D eigenvalue weighted by atomic mass is 32.2. The maximum Gasteiger partial charge on any atom is 0.154 e. The van der Waals surface area contributed by atoms with Gasteiger partial charge in [0.1, 0.15) is 5.82 Å². The summed E-state index contributed by atoms with van der Waals surface area (Å²) in [5.41, 5.74) is 0.928. The summed E-state index contributed by atoms with van der Waals surface area (Å²) in [6.45, 7) is 1.91. The zero-order valence-corrected chi connectivity index (χ0v) is 8.71. The minimum absolute atomic E-state index is 0.0364. The third-order valence-corrected chi connectivity index (χ3v) is 3.97. The molecule has 0 saturated carbocycles. The van der Waals surface area contributed by atoms with Crippen LogP contribution in [0.5, 0.6) is 0 Å². The molecule has 14 heavy (non-hydrogen) atoms. The standard InChI is InChI=1S/C9H12N2O2S/c1-7-3-2-4-9(10-7)11-8-5-14(12,13)6-8/h2-4,8H,5-6H2,1H3,(H,10,11). The van der Waals surface area contributed by atoms with E-state index in [1.807, 2.05) is 25.1 Å². The van der Waals surface area contributed by atoms with Crippen molar-refractivity contribution in [1.82, 2.24) is 4.98 Å². The second kappa shape index (κ2) is 3.24. The summed E-state index contributed by atoms with van der Waals surface area (Å²) in [6, 6.07) is 5.69. The maximum absolute atomic E-state index is 10.9. The largest absolute Gasteiger partial charge is 0.365 e. The molecule has 0 spiro atoms. The molecule has 1 saturated heterocycles. The van der Waals surface area contributed by atoms with Gasteiger partial charge in [-0.2, -0.15) is 0 Å². The highest BCUT2D eigenvalue weighted by Crippen LogP contribution is 2.15. The number of sulfone groups is 1. The molecule has 2 rings (SSSR count). The van der Waals surface area contributed by atoms with Gasteiger partial charge in [-0.3, -0.25) is 0 Å². The Labute approximate surface area is 83.3 Å². The molecule has 0 aromatic carbocycles. The lowest BCUT2D eigenvalue weighted by atomic mass is 10.3. The predicted octanol–water partition coefficient (Wildman–Crippen LogP) is 0.599. The second-order valence-corrected chi connectivity index (χ2v) is 5.74. The Hall–Kier alpha value is -1.10. The lowest BCUT2D eigenvalue weighted by Gasteiger charge is -2.27. The van der Waals surface area contributed by atoms with Crippen LogP contribution in [0.2, 0.25) is 0 Å². The van der Waals surface area contributed by atoms with E-state index in [4.69, 9.17) is 0 Å². The fraction of sp³-hybridized carbons (Fsp3) is 0.444. The first kappa shape index (κ1) is 9.45. The lowest BCUT2D eigenvalue weighted by Crippen LogP contribution is -2.46. The highest BCUT2D eigenvalue weighted by molar-refractivity contribution is 7.92. The monoisotopic (exact) mass is 212 g/mol. The summed E-state index contributed by atoms with van der Waals surface area (Å²) in [4.78, 5) is 4.24. The molecule has 2 heterocycles. The van der Waals surface area contributed by atoms with Crippen LogP contribution in [0.1, 0.15) is 5.69 Å². The van der Waals surface area contributed by atoms with Gasteiger partial charge in [-0.15, -0.1) is 0 Å². The first-order valence-corrected chi connectivity index (χ1v) is 6.28. The summed E-state index contributed by atoms with van der Waals surface area (Å²) < 4.78 is 21.8. The van der Waals surface area contributed by atoms with Crippen LogP contribution in [-0.4, -0.2) is 30.9 Å². The molecule has 0 radical (unpaired) electrons. The lowest BCUT2D eigenvalue weighted by molar-refractivity contribution is 0.570. The summed E-state index contributed by atoms with van der Waals surface area (Å²) in [5, 5.41) is 3.08. The molecule has 0 bridgehead atoms. The molecule has 1 aliphatic heterocycles. The van der Waals surface area contributed by atoms with Crippen LogP contribution in [0, 0.1) is 6.92 Å². The molecule has 1 aliphatic rings. The van der Waals surface area contributed by atoms with E-state index in [0.717, 1.165) is 11.5 Å². The molecule has 1 aromatic rings. The number of aryl methyl sites for hydroxylation is 1. The van der Waals surface area contributed by atoms with Gasteiger partial charge in [-0.25, -0.2) is 13.4 Å². The van der Waals surface area contributed by atoms with E-state index in [1.165, 1.54) is 0 Å². The highest BCUT2D eigenvalue weighted by Gasteiger charge is 2.33. The van der Waals surface area contributed by atoms with Crippen LogP contribution in [-0.2, 0) is 9.84 Å². The van der Waals surface area contributed by atoms with Crippen LogP contribution in [0.25, 0.3) is 0 Å². The van der Waals surface area contributed by atoms with Crippen LogP contribution in [0.3, 0.4) is 0 Å². The van der Waals surface area contributed by atoms with Crippen molar-refractivity contribution in [2.45, 2.75) is 13.0 Å². The molecule has 0 aliphatic carbocycles. The minimum atomic E-state index is -2.75. The van der Waals surface area contributed by atoms with Crippen molar-refractivity contribution < 1.29 is 8.42 Å². The van der Waals surface area contributed by atoms with Gasteiger partial charge in [-0.05, 0) is 19.1 Å². The Bertz CT molecular complexity index is 430. The van der Waals surface area contributed by atoms with Crippen molar-refractivity contribution in [2.24, 2.45) is 0 Å². The fourth-order valence-electron chi connectivity index (χ4n) is 1.48. The number of hydrogen-bond donors (Lipinski definition) is 1. The van der Waals surface area contributed by atoms with Gasteiger partial charge >= 0.3 is 0 Å². The molecule has 1 aromatic heterocycles. The third-order valence-electron chi connectivity index (χ3n) is 2.15. The SMILES string of the molecule is Cc1cccc(NC2CS(=O)(=O)C2)n1. The topological polar surface area (TPSA) is 59.1 Å². The number of aromatic nitrogens is 1. The van der Waals surface area contributed by atoms with Crippen molar-refractivity contribution in [3.63, 3.8) is 0 Å². The summed E-state index contributed by atoms with van der Waals surface area (Å²) in [5.74, 6) is 1.20. The zero-order valence-electron chi connectivity index (χ0n) is 7.90. The normalized spacial score (nSPS) is 20.1. The van der Waals surface area contributed by atoms with Crippen molar-refractivity contribution in [3.8, 4) is 0 Å². The molecular formula is C9H12N2O2S. The summed E-state index contributed by atoms with van der Waals surface area (Å²) >= 11 is 0. The van der Waals surface area contributed by atoms with Crippen molar-refractivity contribution in [3.05, 3.63) is 23.9 Å². The molecule has 1 fully saturated rings. The molecular weight excluding hydrogens is 200 g/mol.